The molecule has 2 aromatic rings. The fraction of sp³-hybridized carbons (Fsp3) is 0.515. The van der Waals surface area contributed by atoms with Crippen molar-refractivity contribution in [2.75, 3.05) is 13.2 Å². The van der Waals surface area contributed by atoms with Crippen LogP contribution in [0.1, 0.15) is 91.4 Å². The van der Waals surface area contributed by atoms with Crippen molar-refractivity contribution in [3.63, 3.8) is 0 Å². The summed E-state index contributed by atoms with van der Waals surface area (Å²) in [5, 5.41) is 0. The average Bonchev–Trinajstić information content (AvgIpc) is 2.95. The Morgan fingerprint density at radius 3 is 2.17 bits per heavy atom. The topological polar surface area (TPSA) is 90.0 Å². The Labute approximate surface area is 240 Å². The van der Waals surface area contributed by atoms with Crippen LogP contribution in [0.4, 0.5) is 0 Å². The Bertz CT molecular complexity index is 1060. The standard InChI is InChI=1S/C27H31NO6.C4H10.C2H6/c1-19(29)18-33-23-12-8-11-22(17-23)25(15-14-21-9-4-3-5-10-21)34-27(32)24-13-6-7-16-28(24)26(31)20(2)30;1-4(2)3;1-2/h3-5,8-12,17,24-25H,6-7,13-16,18H2,1-2H3;4H,1-3H3;1-2H3. The molecule has 1 aliphatic rings. The second-order valence-corrected chi connectivity index (χ2v) is 10.3. The molecule has 1 heterocycles. The number of nitrogens with zero attached hydrogens (tertiary/aromatic N) is 1. The summed E-state index contributed by atoms with van der Waals surface area (Å²) in [6.07, 6.45) is 2.62. The molecular formula is C33H47NO6. The monoisotopic (exact) mass is 553 g/mol. The highest BCUT2D eigenvalue weighted by atomic mass is 16.5. The number of piperidine rings is 1. The molecule has 0 N–H and O–H groups in total. The van der Waals surface area contributed by atoms with Gasteiger partial charge in [0.25, 0.3) is 5.91 Å². The largest absolute Gasteiger partial charge is 0.486 e. The number of aryl methyl sites for hydroxylation is 1. The number of amides is 1. The van der Waals surface area contributed by atoms with Gasteiger partial charge in [-0.1, -0.05) is 77.1 Å². The Morgan fingerprint density at radius 1 is 0.925 bits per heavy atom. The summed E-state index contributed by atoms with van der Waals surface area (Å²) in [5.74, 6) is -0.496. The van der Waals surface area contributed by atoms with E-state index in [9.17, 15) is 19.2 Å². The van der Waals surface area contributed by atoms with Crippen molar-refractivity contribution in [2.24, 2.45) is 5.92 Å². The zero-order chi connectivity index (χ0) is 30.1. The van der Waals surface area contributed by atoms with Crippen molar-refractivity contribution >= 4 is 23.4 Å². The summed E-state index contributed by atoms with van der Waals surface area (Å²) in [7, 11) is 0. The third-order valence-electron chi connectivity index (χ3n) is 5.81. The maximum Gasteiger partial charge on any atom is 0.329 e. The number of Topliss-reactive ketones (excluding diaryl/α,β-unsaturated/α-hetero) is 2. The van der Waals surface area contributed by atoms with Crippen LogP contribution in [0.15, 0.2) is 54.6 Å². The Morgan fingerprint density at radius 2 is 1.57 bits per heavy atom. The van der Waals surface area contributed by atoms with Crippen molar-refractivity contribution in [3.05, 3.63) is 65.7 Å². The van der Waals surface area contributed by atoms with Gasteiger partial charge in [0, 0.05) is 13.5 Å². The number of hydrogen-bond acceptors (Lipinski definition) is 6. The second kappa shape index (κ2) is 18.7. The van der Waals surface area contributed by atoms with Gasteiger partial charge < -0.3 is 14.4 Å². The number of hydrogen-bond donors (Lipinski definition) is 0. The zero-order valence-electron chi connectivity index (χ0n) is 25.3. The van der Waals surface area contributed by atoms with Crippen LogP contribution in [0.25, 0.3) is 0 Å². The summed E-state index contributed by atoms with van der Waals surface area (Å²) in [4.78, 5) is 49.9. The number of ether oxygens (including phenoxy) is 2. The lowest BCUT2D eigenvalue weighted by atomic mass is 9.99. The number of rotatable bonds is 10. The van der Waals surface area contributed by atoms with Gasteiger partial charge in [0.05, 0.1) is 0 Å². The summed E-state index contributed by atoms with van der Waals surface area (Å²) >= 11 is 0. The average molecular weight is 554 g/mol. The highest BCUT2D eigenvalue weighted by Gasteiger charge is 2.36. The maximum atomic E-state index is 13.2. The predicted molar refractivity (Wildman–Crippen MR) is 158 cm³/mol. The minimum atomic E-state index is -0.776. The van der Waals surface area contributed by atoms with Crippen LogP contribution in [0.3, 0.4) is 0 Å². The van der Waals surface area contributed by atoms with Gasteiger partial charge in [0.1, 0.15) is 24.5 Å². The number of carbonyl (C=O) groups excluding carboxylic acids is 4. The highest BCUT2D eigenvalue weighted by Crippen LogP contribution is 2.29. The SMILES string of the molecule is CC.CC(=O)COc1cccc(C(CCc2ccccc2)OC(=O)C2CCCCN2C(=O)C(C)=O)c1.CC(C)C. The summed E-state index contributed by atoms with van der Waals surface area (Å²) in [5.41, 5.74) is 1.85. The molecule has 3 rings (SSSR count). The molecule has 0 radical (unpaired) electrons. The van der Waals surface area contributed by atoms with E-state index in [0.29, 0.717) is 31.6 Å². The molecule has 2 aromatic carbocycles. The molecule has 1 saturated heterocycles. The van der Waals surface area contributed by atoms with Crippen LogP contribution in [-0.2, 0) is 30.3 Å². The van der Waals surface area contributed by atoms with E-state index >= 15 is 0 Å². The van der Waals surface area contributed by atoms with Gasteiger partial charge in [-0.2, -0.15) is 0 Å². The molecule has 0 aliphatic carbocycles. The number of carbonyl (C=O) groups is 4. The summed E-state index contributed by atoms with van der Waals surface area (Å²) in [6, 6.07) is 16.3. The van der Waals surface area contributed by atoms with E-state index < -0.39 is 29.8 Å². The number of esters is 1. The lowest BCUT2D eigenvalue weighted by molar-refractivity contribution is -0.163. The van der Waals surface area contributed by atoms with Crippen molar-refractivity contribution in [1.82, 2.24) is 4.90 Å². The van der Waals surface area contributed by atoms with E-state index in [1.54, 1.807) is 18.2 Å². The van der Waals surface area contributed by atoms with Crippen LogP contribution in [0.5, 0.6) is 5.75 Å². The van der Waals surface area contributed by atoms with Crippen molar-refractivity contribution in [1.29, 1.82) is 0 Å². The minimum absolute atomic E-state index is 0.0396. The van der Waals surface area contributed by atoms with Crippen molar-refractivity contribution < 1.29 is 28.7 Å². The quantitative estimate of drug-likeness (QED) is 0.245. The van der Waals surface area contributed by atoms with Crippen molar-refractivity contribution in [2.45, 2.75) is 92.7 Å². The van der Waals surface area contributed by atoms with Crippen LogP contribution in [-0.4, -0.2) is 47.5 Å². The highest BCUT2D eigenvalue weighted by molar-refractivity contribution is 6.35. The molecule has 2 atom stereocenters. The smallest absolute Gasteiger partial charge is 0.329 e. The normalized spacial score (nSPS) is 15.0. The number of benzene rings is 2. The number of likely N-dealkylation sites (tertiary alicyclic amines) is 1. The van der Waals surface area contributed by atoms with E-state index in [1.807, 2.05) is 50.2 Å². The fourth-order valence-corrected chi connectivity index (χ4v) is 4.07. The van der Waals surface area contributed by atoms with Gasteiger partial charge in [-0.05, 0) is 68.2 Å². The van der Waals surface area contributed by atoms with Gasteiger partial charge >= 0.3 is 5.97 Å². The van der Waals surface area contributed by atoms with E-state index in [4.69, 9.17) is 9.47 Å². The summed E-state index contributed by atoms with van der Waals surface area (Å²) < 4.78 is 11.5. The Kier molecular flexibility index (Phi) is 16.2. The van der Waals surface area contributed by atoms with E-state index in [2.05, 4.69) is 20.8 Å². The minimum Gasteiger partial charge on any atom is -0.486 e. The zero-order valence-corrected chi connectivity index (χ0v) is 25.3. The molecule has 40 heavy (non-hydrogen) atoms. The molecule has 0 spiro atoms. The van der Waals surface area contributed by atoms with Gasteiger partial charge in [-0.3, -0.25) is 14.4 Å². The first-order chi connectivity index (χ1) is 19.1. The predicted octanol–water partition coefficient (Wildman–Crippen LogP) is 6.53. The van der Waals surface area contributed by atoms with Crippen LogP contribution in [0, 0.1) is 5.92 Å². The first kappa shape index (κ1) is 34.5. The van der Waals surface area contributed by atoms with Gasteiger partial charge in [-0.25, -0.2) is 4.79 Å². The lowest BCUT2D eigenvalue weighted by Gasteiger charge is -2.34. The maximum absolute atomic E-state index is 13.2. The van der Waals surface area contributed by atoms with Crippen molar-refractivity contribution in [3.8, 4) is 5.75 Å². The van der Waals surface area contributed by atoms with Crippen LogP contribution < -0.4 is 4.74 Å². The molecule has 1 amide bonds. The molecule has 220 valence electrons. The molecular weight excluding hydrogens is 506 g/mol. The second-order valence-electron chi connectivity index (χ2n) is 10.3. The molecule has 7 nitrogen and oxygen atoms in total. The summed E-state index contributed by atoms with van der Waals surface area (Å²) in [6.45, 7) is 13.5. The van der Waals surface area contributed by atoms with Gasteiger partial charge in [0.15, 0.2) is 5.78 Å². The molecule has 7 heteroatoms. The molecule has 0 aromatic heterocycles. The third-order valence-corrected chi connectivity index (χ3v) is 5.81. The molecule has 1 aliphatic heterocycles. The first-order valence-electron chi connectivity index (χ1n) is 14.4. The molecule has 1 fully saturated rings. The Hall–Kier alpha value is -3.48. The van der Waals surface area contributed by atoms with Crippen LogP contribution >= 0.6 is 0 Å². The van der Waals surface area contributed by atoms with Crippen LogP contribution in [0.2, 0.25) is 0 Å². The molecule has 0 bridgehead atoms. The molecule has 0 saturated carbocycles. The first-order valence-corrected chi connectivity index (χ1v) is 14.4. The van der Waals surface area contributed by atoms with E-state index in [0.717, 1.165) is 29.9 Å². The molecule has 2 unspecified atom stereocenters. The number of ketones is 2. The Balaban J connectivity index is 0.00000122. The lowest BCUT2D eigenvalue weighted by Crippen LogP contribution is -2.50. The third kappa shape index (κ3) is 12.6. The van der Waals surface area contributed by atoms with Gasteiger partial charge in [-0.15, -0.1) is 0 Å². The fourth-order valence-electron chi connectivity index (χ4n) is 4.07. The van der Waals surface area contributed by atoms with E-state index in [1.165, 1.54) is 18.7 Å². The van der Waals surface area contributed by atoms with E-state index in [-0.39, 0.29) is 12.4 Å². The van der Waals surface area contributed by atoms with Gasteiger partial charge in [0.2, 0.25) is 5.78 Å².